The summed E-state index contributed by atoms with van der Waals surface area (Å²) >= 11 is 0. The van der Waals surface area contributed by atoms with Crippen LogP contribution in [0.2, 0.25) is 0 Å². The summed E-state index contributed by atoms with van der Waals surface area (Å²) in [7, 11) is 0. The van der Waals surface area contributed by atoms with E-state index < -0.39 is 5.91 Å². The van der Waals surface area contributed by atoms with E-state index in [1.165, 1.54) is 16.7 Å². The van der Waals surface area contributed by atoms with Gasteiger partial charge in [0.1, 0.15) is 0 Å². The molecule has 16 rings (SSSR count). The molecule has 9 aromatic carbocycles. The normalized spacial score (nSPS) is 14.5. The van der Waals surface area contributed by atoms with Crippen molar-refractivity contribution in [1.29, 1.82) is 5.26 Å². The number of nitrogens with one attached hydrogen (secondary N) is 4. The lowest BCUT2D eigenvalue weighted by atomic mass is 9.96. The van der Waals surface area contributed by atoms with E-state index in [4.69, 9.17) is 11.0 Å². The lowest BCUT2D eigenvalue weighted by Crippen LogP contribution is -2.10. The van der Waals surface area contributed by atoms with E-state index in [9.17, 15) is 4.79 Å². The van der Waals surface area contributed by atoms with Crippen molar-refractivity contribution in [3.05, 3.63) is 245 Å². The fourth-order valence-corrected chi connectivity index (χ4v) is 11.8. The summed E-state index contributed by atoms with van der Waals surface area (Å²) in [5.41, 5.74) is 32.1. The predicted octanol–water partition coefficient (Wildman–Crippen LogP) is 15.3. The molecule has 7 heterocycles. The molecule has 4 aromatic heterocycles. The van der Waals surface area contributed by atoms with E-state index in [-0.39, 0.29) is 0 Å². The van der Waals surface area contributed by atoms with Crippen LogP contribution in [0.5, 0.6) is 0 Å². The summed E-state index contributed by atoms with van der Waals surface area (Å²) in [5, 5.41) is 33.6. The number of nitrogens with two attached hydrogens (primary N) is 1. The molecule has 0 bridgehead atoms. The number of primary amides is 1. The van der Waals surface area contributed by atoms with E-state index >= 15 is 0 Å². The largest absolute Gasteiger partial charge is 0.381 e. The van der Waals surface area contributed by atoms with E-state index in [1.54, 1.807) is 49.3 Å². The van der Waals surface area contributed by atoms with Gasteiger partial charge in [-0.1, -0.05) is 87.5 Å². The number of H-pyrrole nitrogens is 1. The number of fused-ring (bicyclic) bond motifs is 6. The third-order valence-electron chi connectivity index (χ3n) is 16.9. The Hall–Kier alpha value is -12.6. The number of tetrazole rings is 1. The Morgan fingerprint density at radius 3 is 1.18 bits per heavy atom. The Morgan fingerprint density at radius 2 is 0.819 bits per heavy atom. The number of aromatic amines is 1. The first-order valence-corrected chi connectivity index (χ1v) is 30.8. The molecule has 3 aliphatic heterocycles. The monoisotopic (exact) mass is 1230 g/mol. The Balaban J connectivity index is 0.000000122. The molecule has 0 fully saturated rings. The van der Waals surface area contributed by atoms with Crippen molar-refractivity contribution in [3.8, 4) is 50.8 Å². The molecule has 456 valence electrons. The Morgan fingerprint density at radius 1 is 0.457 bits per heavy atom. The number of aliphatic imine (C=N–C) groups is 3. The van der Waals surface area contributed by atoms with Crippen molar-refractivity contribution in [1.82, 2.24) is 50.5 Å². The van der Waals surface area contributed by atoms with Gasteiger partial charge in [0.2, 0.25) is 11.7 Å². The minimum atomic E-state index is -0.425. The second-order valence-corrected chi connectivity index (χ2v) is 23.2. The number of nitrogens with zero attached hydrogens (tertiary/aromatic N) is 13. The number of aromatic nitrogens is 10. The van der Waals surface area contributed by atoms with Crippen LogP contribution in [-0.4, -0.2) is 75.1 Å². The highest BCUT2D eigenvalue weighted by Crippen LogP contribution is 2.41. The number of hydrogen-bond donors (Lipinski definition) is 5. The van der Waals surface area contributed by atoms with Crippen LogP contribution >= 0.6 is 0 Å². The standard InChI is InChI=1S/C25H20N8.C25H21N5O.C25H19N5/c1-15-13-29-22-7-6-18(10-20(15)22)21-11-19(12-23-24(21)27-9-8-26-23)28-14-16-2-4-17(5-3-16)25-30-32-33-31-25;1-15-13-30-22-7-6-18(10-20(15)22)21-11-19(12-23-24(21)28-9-8-27-23)29-14-16-2-4-17(5-3-16)25(26)31;1-16-14-30-23-7-6-19(10-21(16)23)22-11-20(12-24-25(22)28-9-8-27-24)29-15-18-4-2-17(13-26)3-5-18/h2-13,15,28H,14H2,1H3,(H,30,31,32,33);2-13,15,29H,14H2,1H3,(H2,26,31);2-12,14,16,29H,15H2,1H3. The summed E-state index contributed by atoms with van der Waals surface area (Å²) in [6, 6.07) is 56.7. The molecule has 3 aliphatic rings. The Bertz CT molecular complexity index is 5140. The summed E-state index contributed by atoms with van der Waals surface area (Å²) in [6.45, 7) is 8.42. The van der Waals surface area contributed by atoms with E-state index in [0.717, 1.165) is 123 Å². The fraction of sp³-hybridized carbons (Fsp3) is 0.120. The van der Waals surface area contributed by atoms with E-state index in [2.05, 4.69) is 193 Å². The molecule has 19 nitrogen and oxygen atoms in total. The molecule has 3 unspecified atom stereocenters. The number of amides is 1. The lowest BCUT2D eigenvalue weighted by molar-refractivity contribution is 0.1000. The van der Waals surface area contributed by atoms with Gasteiger partial charge in [-0.25, -0.2) is 0 Å². The van der Waals surface area contributed by atoms with E-state index in [0.29, 0.717) is 54.3 Å². The second-order valence-electron chi connectivity index (χ2n) is 23.2. The number of hydrogen-bond acceptors (Lipinski definition) is 17. The minimum absolute atomic E-state index is 0.303. The maximum absolute atomic E-state index is 11.3. The van der Waals surface area contributed by atoms with Gasteiger partial charge >= 0.3 is 0 Å². The number of carbonyl (C=O) groups excluding carboxylic acids is 1. The van der Waals surface area contributed by atoms with Crippen LogP contribution in [0.25, 0.3) is 77.9 Å². The van der Waals surface area contributed by atoms with Crippen LogP contribution in [0.1, 0.15) is 87.8 Å². The highest BCUT2D eigenvalue weighted by atomic mass is 16.1. The van der Waals surface area contributed by atoms with Gasteiger partial charge in [0.05, 0.1) is 61.8 Å². The van der Waals surface area contributed by atoms with E-state index in [1.807, 2.05) is 85.4 Å². The van der Waals surface area contributed by atoms with Crippen molar-refractivity contribution in [2.24, 2.45) is 20.7 Å². The maximum Gasteiger partial charge on any atom is 0.248 e. The van der Waals surface area contributed by atoms with Crippen LogP contribution in [0, 0.1) is 11.3 Å². The average Bonchev–Trinajstić information content (AvgIpc) is 1.54. The molecule has 94 heavy (non-hydrogen) atoms. The average molecular weight is 1230 g/mol. The molecule has 3 atom stereocenters. The molecule has 0 saturated heterocycles. The quantitative estimate of drug-likeness (QED) is 0.0678. The number of carbonyl (C=O) groups is 1. The number of anilines is 3. The van der Waals surface area contributed by atoms with Crippen LogP contribution < -0.4 is 21.7 Å². The van der Waals surface area contributed by atoms with Gasteiger partial charge in [0.25, 0.3) is 0 Å². The van der Waals surface area contributed by atoms with Crippen LogP contribution in [0.3, 0.4) is 0 Å². The molecule has 0 spiro atoms. The van der Waals surface area contributed by atoms with Crippen LogP contribution in [0.4, 0.5) is 34.1 Å². The molecule has 0 aliphatic carbocycles. The molecule has 0 radical (unpaired) electrons. The fourth-order valence-electron chi connectivity index (χ4n) is 11.8. The molecule has 0 saturated carbocycles. The van der Waals surface area contributed by atoms with Gasteiger partial charge in [-0.05, 0) is 152 Å². The first-order chi connectivity index (χ1) is 46.0. The SMILES string of the molecule is CC1C=Nc2ccc(-c3cc(NCc4ccc(-c5nn[nH]n5)cc4)cc4nccnc34)cc21.CC1C=Nc2ccc(-c3cc(NCc4ccc(C#N)cc4)cc4nccnc34)cc21.CC1C=Nc2ccc(-c3cc(NCc4ccc(C(N)=O)cc4)cc4nccnc34)cc21. The second kappa shape index (κ2) is 26.1. The number of nitriles is 1. The Kier molecular flexibility index (Phi) is 16.4. The number of benzene rings is 9. The number of rotatable bonds is 14. The zero-order valence-electron chi connectivity index (χ0n) is 51.4. The zero-order valence-corrected chi connectivity index (χ0v) is 51.4. The lowest BCUT2D eigenvalue weighted by Gasteiger charge is -2.13. The summed E-state index contributed by atoms with van der Waals surface area (Å²) in [4.78, 5) is 52.2. The molecular weight excluding hydrogens is 1170 g/mol. The van der Waals surface area contributed by atoms with Crippen molar-refractivity contribution >= 4 is 91.8 Å². The molecular formula is C75H60N18O. The van der Waals surface area contributed by atoms with Gasteiger partial charge in [-0.15, -0.1) is 10.2 Å². The van der Waals surface area contributed by atoms with Gasteiger partial charge in [0.15, 0.2) is 0 Å². The first kappa shape index (κ1) is 59.1. The predicted molar refractivity (Wildman–Crippen MR) is 372 cm³/mol. The Labute approximate surface area is 540 Å². The van der Waals surface area contributed by atoms with Gasteiger partial charge in [-0.3, -0.25) is 49.7 Å². The van der Waals surface area contributed by atoms with Crippen molar-refractivity contribution in [2.75, 3.05) is 16.0 Å². The summed E-state index contributed by atoms with van der Waals surface area (Å²) in [5.74, 6) is 1.09. The summed E-state index contributed by atoms with van der Waals surface area (Å²) in [6.07, 6.45) is 16.3. The van der Waals surface area contributed by atoms with Crippen molar-refractivity contribution < 1.29 is 4.79 Å². The van der Waals surface area contributed by atoms with Crippen molar-refractivity contribution in [2.45, 2.75) is 58.2 Å². The minimum Gasteiger partial charge on any atom is -0.381 e. The van der Waals surface area contributed by atoms with Crippen LogP contribution in [-0.2, 0) is 19.6 Å². The molecule has 6 N–H and O–H groups in total. The molecule has 1 amide bonds. The third-order valence-corrected chi connectivity index (χ3v) is 16.9. The highest BCUT2D eigenvalue weighted by Gasteiger charge is 2.21. The first-order valence-electron chi connectivity index (χ1n) is 30.8. The summed E-state index contributed by atoms with van der Waals surface area (Å²) < 4.78 is 0. The molecule has 13 aromatic rings. The molecule has 19 heteroatoms. The maximum atomic E-state index is 11.3. The topological polar surface area (TPSA) is 272 Å². The van der Waals surface area contributed by atoms with Gasteiger partial charge in [-0.2, -0.15) is 10.5 Å². The smallest absolute Gasteiger partial charge is 0.248 e. The third kappa shape index (κ3) is 12.7. The van der Waals surface area contributed by atoms with Crippen molar-refractivity contribution in [3.63, 3.8) is 0 Å². The highest BCUT2D eigenvalue weighted by molar-refractivity contribution is 5.99. The zero-order chi connectivity index (χ0) is 64.1. The van der Waals surface area contributed by atoms with Gasteiger partial charge in [0, 0.05) is 138 Å². The van der Waals surface area contributed by atoms with Gasteiger partial charge < -0.3 is 21.7 Å². The van der Waals surface area contributed by atoms with Crippen LogP contribution in [0.15, 0.2) is 216 Å².